The highest BCUT2D eigenvalue weighted by molar-refractivity contribution is 7.45. The second-order valence-electron chi connectivity index (χ2n) is 14.8. The maximum Gasteiger partial charge on any atom is 0.267 e. The van der Waals surface area contributed by atoms with E-state index in [1.54, 1.807) is 14.2 Å². The second-order valence-corrected chi connectivity index (χ2v) is 16.2. The van der Waals surface area contributed by atoms with Crippen molar-refractivity contribution < 1.29 is 37.2 Å². The number of ether oxygens (including phenoxy) is 3. The maximum atomic E-state index is 12.4. The molecular formula is C38H80NO7P. The largest absolute Gasteiger partial charge is 0.756 e. The van der Waals surface area contributed by atoms with Crippen LogP contribution in [0.15, 0.2) is 0 Å². The molecule has 0 aromatic heterocycles. The summed E-state index contributed by atoms with van der Waals surface area (Å²) in [5.41, 5.74) is 0. The van der Waals surface area contributed by atoms with E-state index in [2.05, 4.69) is 28.1 Å². The molecule has 0 aromatic carbocycles. The first-order valence-electron chi connectivity index (χ1n) is 19.7. The molecule has 0 radical (unpaired) electrons. The molecule has 0 bridgehead atoms. The molecule has 0 heterocycles. The van der Waals surface area contributed by atoms with Gasteiger partial charge in [0.25, 0.3) is 7.82 Å². The van der Waals surface area contributed by atoms with E-state index in [4.69, 9.17) is 23.3 Å². The van der Waals surface area contributed by atoms with Crippen LogP contribution in [0.4, 0.5) is 0 Å². The Morgan fingerprint density at radius 3 is 1.38 bits per heavy atom. The zero-order chi connectivity index (χ0) is 34.9. The minimum Gasteiger partial charge on any atom is -0.756 e. The summed E-state index contributed by atoms with van der Waals surface area (Å²) in [6.45, 7) is 4.74. The van der Waals surface area contributed by atoms with E-state index < -0.39 is 14.1 Å². The van der Waals surface area contributed by atoms with Crippen molar-refractivity contribution in [3.05, 3.63) is 0 Å². The molecule has 0 saturated carbocycles. The number of rotatable bonds is 38. The molecule has 9 heteroatoms. The summed E-state index contributed by atoms with van der Waals surface area (Å²) in [6.07, 6.45) is 30.6. The molecule has 2 unspecified atom stereocenters. The van der Waals surface area contributed by atoms with E-state index in [-0.39, 0.29) is 19.1 Å². The summed E-state index contributed by atoms with van der Waals surface area (Å²) in [6, 6.07) is 0. The Kier molecular flexibility index (Phi) is 33.1. The third kappa shape index (κ3) is 35.6. The van der Waals surface area contributed by atoms with Gasteiger partial charge in [-0.3, -0.25) is 4.57 Å². The molecule has 0 saturated heterocycles. The summed E-state index contributed by atoms with van der Waals surface area (Å²) < 4.78 is 40.4. The van der Waals surface area contributed by atoms with Crippen molar-refractivity contribution in [3.63, 3.8) is 0 Å². The molecule has 0 fully saturated rings. The Balaban J connectivity index is 3.92. The Bertz CT molecular complexity index is 687. The predicted octanol–water partition coefficient (Wildman–Crippen LogP) is 10.2. The number of quaternary nitrogens is 1. The van der Waals surface area contributed by atoms with Gasteiger partial charge in [-0.05, 0) is 25.7 Å². The van der Waals surface area contributed by atoms with Gasteiger partial charge in [-0.25, -0.2) is 0 Å². The lowest BCUT2D eigenvalue weighted by Gasteiger charge is -2.27. The van der Waals surface area contributed by atoms with Crippen LogP contribution in [0.25, 0.3) is 0 Å². The third-order valence-corrected chi connectivity index (χ3v) is 9.95. The van der Waals surface area contributed by atoms with Crippen LogP contribution in [0.3, 0.4) is 0 Å². The molecule has 0 aromatic rings. The average molecular weight is 694 g/mol. The lowest BCUT2D eigenvalue weighted by atomic mass is 10.0. The molecular weight excluding hydrogens is 613 g/mol. The van der Waals surface area contributed by atoms with Crippen molar-refractivity contribution in [3.8, 4) is 0 Å². The second kappa shape index (κ2) is 33.1. The van der Waals surface area contributed by atoms with Gasteiger partial charge in [0.2, 0.25) is 0 Å². The smallest absolute Gasteiger partial charge is 0.267 e. The van der Waals surface area contributed by atoms with Gasteiger partial charge in [-0.15, -0.1) is 0 Å². The topological polar surface area (TPSA) is 86.3 Å². The van der Waals surface area contributed by atoms with Gasteiger partial charge in [-0.2, -0.15) is 0 Å². The van der Waals surface area contributed by atoms with E-state index in [0.717, 1.165) is 30.2 Å². The number of methoxy groups -OCH3 is 2. The standard InChI is InChI=1S/C38H80NO7P/c1-7-8-9-10-11-12-13-14-15-16-17-18-20-23-26-29-32-44-35-37(34-38(42-5)43-6)36-46-47(40,41)45-33-30-27-24-21-19-22-25-28-31-39(2,3)4/h37-38H,7-36H2,1-6H3. The lowest BCUT2D eigenvalue weighted by molar-refractivity contribution is -0.870. The fourth-order valence-corrected chi connectivity index (χ4v) is 6.73. The average Bonchev–Trinajstić information content (AvgIpc) is 3.03. The van der Waals surface area contributed by atoms with Crippen molar-refractivity contribution in [2.45, 2.75) is 174 Å². The molecule has 0 spiro atoms. The van der Waals surface area contributed by atoms with Gasteiger partial charge in [-0.1, -0.05) is 135 Å². The summed E-state index contributed by atoms with van der Waals surface area (Å²) in [4.78, 5) is 12.4. The van der Waals surface area contributed by atoms with Gasteiger partial charge < -0.3 is 32.6 Å². The zero-order valence-electron chi connectivity index (χ0n) is 32.1. The molecule has 284 valence electrons. The van der Waals surface area contributed by atoms with Crippen molar-refractivity contribution in [1.82, 2.24) is 0 Å². The Morgan fingerprint density at radius 1 is 0.553 bits per heavy atom. The van der Waals surface area contributed by atoms with Crippen molar-refractivity contribution >= 4 is 7.82 Å². The van der Waals surface area contributed by atoms with Crippen LogP contribution < -0.4 is 4.89 Å². The number of phosphoric ester groups is 1. The van der Waals surface area contributed by atoms with Crippen LogP contribution >= 0.6 is 7.82 Å². The van der Waals surface area contributed by atoms with Crippen molar-refractivity contribution in [2.75, 3.05) is 68.3 Å². The minimum atomic E-state index is -4.36. The van der Waals surface area contributed by atoms with Crippen molar-refractivity contribution in [2.24, 2.45) is 5.92 Å². The summed E-state index contributed by atoms with van der Waals surface area (Å²) in [7, 11) is 5.51. The van der Waals surface area contributed by atoms with E-state index in [0.29, 0.717) is 19.6 Å². The molecule has 8 nitrogen and oxygen atoms in total. The fraction of sp³-hybridized carbons (Fsp3) is 1.00. The summed E-state index contributed by atoms with van der Waals surface area (Å²) in [5.74, 6) is -0.172. The van der Waals surface area contributed by atoms with E-state index >= 15 is 0 Å². The van der Waals surface area contributed by atoms with Crippen LogP contribution in [0, 0.1) is 5.92 Å². The summed E-state index contributed by atoms with van der Waals surface area (Å²) in [5, 5.41) is 0. The normalized spacial score (nSPS) is 14.2. The van der Waals surface area contributed by atoms with Gasteiger partial charge >= 0.3 is 0 Å². The molecule has 0 aliphatic rings. The molecule has 0 aliphatic carbocycles. The highest BCUT2D eigenvalue weighted by atomic mass is 31.2. The SMILES string of the molecule is CCCCCCCCCCCCCCCCCCOCC(COP(=O)([O-])OCCCCCCCCCC[N+](C)(C)C)CC(OC)OC. The van der Waals surface area contributed by atoms with E-state index in [1.165, 1.54) is 135 Å². The predicted molar refractivity (Wildman–Crippen MR) is 196 cm³/mol. The monoisotopic (exact) mass is 694 g/mol. The molecule has 0 amide bonds. The molecule has 2 atom stereocenters. The van der Waals surface area contributed by atoms with Crippen LogP contribution in [0.2, 0.25) is 0 Å². The fourth-order valence-electron chi connectivity index (χ4n) is 5.91. The quantitative estimate of drug-likeness (QED) is 0.0275. The van der Waals surface area contributed by atoms with Gasteiger partial charge in [0.1, 0.15) is 0 Å². The highest BCUT2D eigenvalue weighted by Crippen LogP contribution is 2.39. The first kappa shape index (κ1) is 47.0. The minimum absolute atomic E-state index is 0.00293. The van der Waals surface area contributed by atoms with Crippen molar-refractivity contribution in [1.29, 1.82) is 0 Å². The Hall–Kier alpha value is -0.0500. The lowest BCUT2D eigenvalue weighted by Crippen LogP contribution is -2.35. The van der Waals surface area contributed by atoms with Gasteiger partial charge in [0.05, 0.1) is 47.5 Å². The molecule has 0 rings (SSSR count). The summed E-state index contributed by atoms with van der Waals surface area (Å²) >= 11 is 0. The van der Waals surface area contributed by atoms with Gasteiger partial charge in [0.15, 0.2) is 6.29 Å². The van der Waals surface area contributed by atoms with Crippen LogP contribution in [0.5, 0.6) is 0 Å². The molecule has 0 aliphatic heterocycles. The third-order valence-electron chi connectivity index (χ3n) is 8.99. The Labute approximate surface area is 292 Å². The maximum absolute atomic E-state index is 12.4. The highest BCUT2D eigenvalue weighted by Gasteiger charge is 2.20. The number of hydrogen-bond acceptors (Lipinski definition) is 7. The number of unbranched alkanes of at least 4 members (excludes halogenated alkanes) is 22. The zero-order valence-corrected chi connectivity index (χ0v) is 33.0. The van der Waals surface area contributed by atoms with E-state index in [1.807, 2.05) is 0 Å². The number of phosphoric acid groups is 1. The first-order chi connectivity index (χ1) is 22.6. The van der Waals surface area contributed by atoms with E-state index in [9.17, 15) is 9.46 Å². The van der Waals surface area contributed by atoms with Crippen LogP contribution in [-0.4, -0.2) is 79.1 Å². The Morgan fingerprint density at radius 2 is 0.957 bits per heavy atom. The van der Waals surface area contributed by atoms with Crippen LogP contribution in [-0.2, 0) is 27.8 Å². The van der Waals surface area contributed by atoms with Crippen LogP contribution in [0.1, 0.15) is 167 Å². The van der Waals surface area contributed by atoms with Gasteiger partial charge in [0, 0.05) is 33.2 Å². The molecule has 47 heavy (non-hydrogen) atoms. The first-order valence-corrected chi connectivity index (χ1v) is 21.1. The number of hydrogen-bond donors (Lipinski definition) is 0. The number of nitrogens with zero attached hydrogens (tertiary/aromatic N) is 1. The molecule has 0 N–H and O–H groups in total.